The molecule has 3 aromatic rings. The molecule has 1 fully saturated rings. The molecule has 0 radical (unpaired) electrons. The fraction of sp³-hybridized carbons (Fsp3) is 0.478. The first kappa shape index (κ1) is 21.1. The van der Waals surface area contributed by atoms with E-state index in [0.717, 1.165) is 17.9 Å². The zero-order chi connectivity index (χ0) is 21.1. The summed E-state index contributed by atoms with van der Waals surface area (Å²) in [5, 5.41) is 0.474. The average Bonchev–Trinajstić information content (AvgIpc) is 3.18. The molecule has 30 heavy (non-hydrogen) atoms. The van der Waals surface area contributed by atoms with E-state index in [4.69, 9.17) is 16.3 Å². The zero-order valence-corrected chi connectivity index (χ0v) is 18.3. The topological polar surface area (TPSA) is 54.0 Å². The number of aromatic nitrogens is 3. The molecule has 1 aliphatic heterocycles. The van der Waals surface area contributed by atoms with Crippen molar-refractivity contribution in [3.8, 4) is 17.3 Å². The molecule has 4 rings (SSSR count). The smallest absolute Gasteiger partial charge is 0.214 e. The van der Waals surface area contributed by atoms with E-state index in [2.05, 4.69) is 26.9 Å². The van der Waals surface area contributed by atoms with E-state index in [-0.39, 0.29) is 5.82 Å². The van der Waals surface area contributed by atoms with Gasteiger partial charge < -0.3 is 14.6 Å². The first-order chi connectivity index (χ1) is 14.5. The summed E-state index contributed by atoms with van der Waals surface area (Å²) >= 11 is 6.35. The predicted octanol–water partition coefficient (Wildman–Crippen LogP) is 5.62. The number of halogens is 2. The number of rotatable bonds is 7. The highest BCUT2D eigenvalue weighted by Gasteiger charge is 2.16. The highest BCUT2D eigenvalue weighted by atomic mass is 35.5. The lowest BCUT2D eigenvalue weighted by molar-refractivity contribution is 0.205. The Balaban J connectivity index is 1.36. The van der Waals surface area contributed by atoms with Crippen LogP contribution in [0.5, 0.6) is 5.88 Å². The lowest BCUT2D eigenvalue weighted by Crippen LogP contribution is -2.30. The van der Waals surface area contributed by atoms with E-state index in [9.17, 15) is 4.39 Å². The van der Waals surface area contributed by atoms with E-state index < -0.39 is 0 Å². The number of aryl methyl sites for hydroxylation is 1. The number of fused-ring (bicyclic) bond motifs is 1. The van der Waals surface area contributed by atoms with Crippen LogP contribution in [-0.4, -0.2) is 46.6 Å². The van der Waals surface area contributed by atoms with E-state index in [0.29, 0.717) is 40.0 Å². The van der Waals surface area contributed by atoms with Crippen molar-refractivity contribution in [3.63, 3.8) is 0 Å². The Hall–Kier alpha value is -2.18. The predicted molar refractivity (Wildman–Crippen MR) is 119 cm³/mol. The lowest BCUT2D eigenvalue weighted by Gasteiger charge is -2.28. The Morgan fingerprint density at radius 1 is 1.27 bits per heavy atom. The van der Waals surface area contributed by atoms with Crippen LogP contribution in [0.2, 0.25) is 5.02 Å². The normalized spacial score (nSPS) is 15.7. The van der Waals surface area contributed by atoms with Crippen LogP contribution in [0.25, 0.3) is 22.4 Å². The van der Waals surface area contributed by atoms with Gasteiger partial charge in [-0.15, -0.1) is 0 Å². The van der Waals surface area contributed by atoms with Gasteiger partial charge in [0.2, 0.25) is 5.88 Å². The number of piperidine rings is 1. The maximum Gasteiger partial charge on any atom is 0.214 e. The molecule has 2 aromatic heterocycles. The van der Waals surface area contributed by atoms with E-state index in [1.165, 1.54) is 44.8 Å². The number of nitrogens with zero attached hydrogens (tertiary/aromatic N) is 3. The fourth-order valence-electron chi connectivity index (χ4n) is 4.06. The molecular formula is C23H28ClFN4O. The number of likely N-dealkylation sites (tertiary alicyclic amines) is 1. The van der Waals surface area contributed by atoms with Crippen LogP contribution in [-0.2, 0) is 0 Å². The number of H-pyrrole nitrogens is 1. The molecule has 0 bridgehead atoms. The van der Waals surface area contributed by atoms with Crippen molar-refractivity contribution in [2.45, 2.75) is 39.0 Å². The second-order valence-electron chi connectivity index (χ2n) is 8.25. The van der Waals surface area contributed by atoms with Crippen molar-refractivity contribution in [3.05, 3.63) is 40.8 Å². The summed E-state index contributed by atoms with van der Waals surface area (Å²) in [6.45, 7) is 4.78. The number of nitrogens with one attached hydrogen (secondary N) is 1. The summed E-state index contributed by atoms with van der Waals surface area (Å²) in [7, 11) is 2.20. The average molecular weight is 431 g/mol. The van der Waals surface area contributed by atoms with Crippen molar-refractivity contribution < 1.29 is 9.13 Å². The third-order valence-corrected chi connectivity index (χ3v) is 6.32. The second-order valence-corrected chi connectivity index (χ2v) is 8.65. The maximum absolute atomic E-state index is 13.8. The molecule has 1 N–H and O–H groups in total. The Labute approximate surface area is 181 Å². The number of pyridine rings is 1. The first-order valence-electron chi connectivity index (χ1n) is 10.6. The Kier molecular flexibility index (Phi) is 6.54. The van der Waals surface area contributed by atoms with E-state index >= 15 is 0 Å². The molecule has 5 nitrogen and oxygen atoms in total. The van der Waals surface area contributed by atoms with Crippen LogP contribution < -0.4 is 4.74 Å². The van der Waals surface area contributed by atoms with Crippen molar-refractivity contribution >= 4 is 22.6 Å². The molecule has 0 saturated carbocycles. The summed E-state index contributed by atoms with van der Waals surface area (Å²) in [5.41, 5.74) is 2.59. The molecule has 1 aliphatic rings. The zero-order valence-electron chi connectivity index (χ0n) is 17.5. The maximum atomic E-state index is 13.8. The highest BCUT2D eigenvalue weighted by Crippen LogP contribution is 2.31. The Bertz CT molecular complexity index is 1010. The van der Waals surface area contributed by atoms with Gasteiger partial charge in [-0.3, -0.25) is 0 Å². The SMILES string of the molecule is Cc1c(F)ccc2[nH]c(-c3cc(OCCCCC4CCN(C)CC4)ncc3Cl)nc12. The fourth-order valence-corrected chi connectivity index (χ4v) is 4.25. The minimum atomic E-state index is -0.273. The quantitative estimate of drug-likeness (QED) is 0.494. The van der Waals surface area contributed by atoms with Gasteiger partial charge in [-0.25, -0.2) is 14.4 Å². The van der Waals surface area contributed by atoms with Crippen LogP contribution in [0.1, 0.15) is 37.7 Å². The number of imidazole rings is 1. The van der Waals surface area contributed by atoms with Gasteiger partial charge in [0, 0.05) is 17.2 Å². The number of aromatic amines is 1. The molecule has 1 saturated heterocycles. The monoisotopic (exact) mass is 430 g/mol. The largest absolute Gasteiger partial charge is 0.478 e. The summed E-state index contributed by atoms with van der Waals surface area (Å²) in [4.78, 5) is 14.5. The molecule has 7 heteroatoms. The molecule has 0 atom stereocenters. The summed E-state index contributed by atoms with van der Waals surface area (Å²) in [6.07, 6.45) is 7.63. The first-order valence-corrected chi connectivity index (χ1v) is 11.0. The van der Waals surface area contributed by atoms with Gasteiger partial charge >= 0.3 is 0 Å². The van der Waals surface area contributed by atoms with Crippen LogP contribution in [0.15, 0.2) is 24.4 Å². The van der Waals surface area contributed by atoms with Gasteiger partial charge in [0.25, 0.3) is 0 Å². The number of ether oxygens (including phenoxy) is 1. The van der Waals surface area contributed by atoms with E-state index in [1.807, 2.05) is 0 Å². The van der Waals surface area contributed by atoms with Gasteiger partial charge in [0.05, 0.1) is 28.9 Å². The number of unbranched alkanes of at least 4 members (excludes halogenated alkanes) is 1. The molecule has 0 amide bonds. The summed E-state index contributed by atoms with van der Waals surface area (Å²) < 4.78 is 19.7. The second kappa shape index (κ2) is 9.31. The molecule has 160 valence electrons. The van der Waals surface area contributed by atoms with Crippen molar-refractivity contribution in [2.75, 3.05) is 26.7 Å². The Morgan fingerprint density at radius 3 is 2.87 bits per heavy atom. The highest BCUT2D eigenvalue weighted by molar-refractivity contribution is 6.33. The van der Waals surface area contributed by atoms with Gasteiger partial charge in [-0.05, 0) is 70.8 Å². The van der Waals surface area contributed by atoms with E-state index in [1.54, 1.807) is 25.3 Å². The van der Waals surface area contributed by atoms with Crippen LogP contribution in [0.4, 0.5) is 4.39 Å². The molecule has 0 spiro atoms. The molecule has 1 aromatic carbocycles. The Morgan fingerprint density at radius 2 is 2.07 bits per heavy atom. The lowest BCUT2D eigenvalue weighted by atomic mass is 9.92. The number of hydrogen-bond acceptors (Lipinski definition) is 4. The van der Waals surface area contributed by atoms with Crippen molar-refractivity contribution in [1.29, 1.82) is 0 Å². The van der Waals surface area contributed by atoms with Crippen LogP contribution in [0, 0.1) is 18.7 Å². The number of hydrogen-bond donors (Lipinski definition) is 1. The third-order valence-electron chi connectivity index (χ3n) is 6.02. The molecule has 3 heterocycles. The van der Waals surface area contributed by atoms with Gasteiger partial charge in [-0.1, -0.05) is 18.0 Å². The summed E-state index contributed by atoms with van der Waals surface area (Å²) in [5.74, 6) is 1.68. The third kappa shape index (κ3) is 4.76. The van der Waals surface area contributed by atoms with Gasteiger partial charge in [0.15, 0.2) is 0 Å². The van der Waals surface area contributed by atoms with Gasteiger partial charge in [-0.2, -0.15) is 0 Å². The van der Waals surface area contributed by atoms with Crippen molar-refractivity contribution in [2.24, 2.45) is 5.92 Å². The van der Waals surface area contributed by atoms with Crippen LogP contribution >= 0.6 is 11.6 Å². The minimum absolute atomic E-state index is 0.273. The minimum Gasteiger partial charge on any atom is -0.478 e. The standard InChI is InChI=1S/C23H28ClFN4O/c1-15-19(25)6-7-20-22(15)28-23(27-20)17-13-21(26-14-18(17)24)30-12-4-3-5-16-8-10-29(2)11-9-16/h6-7,13-14,16H,3-5,8-12H2,1-2H3,(H,27,28). The number of benzene rings is 1. The molecule has 0 unspecified atom stereocenters. The van der Waals surface area contributed by atoms with Crippen LogP contribution in [0.3, 0.4) is 0 Å². The van der Waals surface area contributed by atoms with Crippen molar-refractivity contribution in [1.82, 2.24) is 19.9 Å². The summed E-state index contributed by atoms with van der Waals surface area (Å²) in [6, 6.07) is 4.92. The molecule has 0 aliphatic carbocycles. The molecular weight excluding hydrogens is 403 g/mol. The van der Waals surface area contributed by atoms with Gasteiger partial charge in [0.1, 0.15) is 11.6 Å².